The number of H-pyrrole nitrogens is 1. The van der Waals surface area contributed by atoms with Crippen LogP contribution in [0.4, 0.5) is 11.4 Å². The smallest absolute Gasteiger partial charge is 0.356 e. The molecule has 5 rings (SSSR count). The van der Waals surface area contributed by atoms with Crippen molar-refractivity contribution in [3.63, 3.8) is 0 Å². The molecule has 4 N–H and O–H groups in total. The first-order chi connectivity index (χ1) is 21.2. The summed E-state index contributed by atoms with van der Waals surface area (Å²) in [6.07, 6.45) is 4.29. The van der Waals surface area contributed by atoms with Crippen LogP contribution in [0.2, 0.25) is 0 Å². The molecule has 44 heavy (non-hydrogen) atoms. The van der Waals surface area contributed by atoms with Gasteiger partial charge in [-0.2, -0.15) is 0 Å². The average Bonchev–Trinajstić information content (AvgIpc) is 3.56. The Balaban J connectivity index is 1.47. The molecule has 0 spiro atoms. The third-order valence-electron chi connectivity index (χ3n) is 7.06. The van der Waals surface area contributed by atoms with E-state index in [-0.39, 0.29) is 12.3 Å². The van der Waals surface area contributed by atoms with Crippen LogP contribution >= 0.6 is 0 Å². The minimum absolute atomic E-state index is 0.176. The number of hydrogen-bond acceptors (Lipinski definition) is 7. The molecule has 1 amide bonds. The number of anilines is 2. The number of hydrogen-bond donors (Lipinski definition) is 4. The lowest BCUT2D eigenvalue weighted by atomic mass is 10.1. The number of aliphatic hydroxyl groups is 1. The topological polar surface area (TPSA) is 130 Å². The monoisotopic (exact) mass is 593 g/mol. The first-order valence-corrected chi connectivity index (χ1v) is 14.2. The molecule has 2 aromatic carbocycles. The van der Waals surface area contributed by atoms with Crippen molar-refractivity contribution in [2.24, 2.45) is 0 Å². The van der Waals surface area contributed by atoms with E-state index in [0.29, 0.717) is 41.9 Å². The van der Waals surface area contributed by atoms with Crippen LogP contribution in [-0.4, -0.2) is 57.9 Å². The lowest BCUT2D eigenvalue weighted by molar-refractivity contribution is -0.119. The van der Waals surface area contributed by atoms with Crippen LogP contribution in [0.5, 0.6) is 0 Å². The number of nitrogens with one attached hydrogen (secondary N) is 3. The molecule has 0 radical (unpaired) electrons. The summed E-state index contributed by atoms with van der Waals surface area (Å²) in [6, 6.07) is 17.6. The molecule has 0 aliphatic rings. The van der Waals surface area contributed by atoms with Gasteiger partial charge in [0.15, 0.2) is 5.69 Å². The number of esters is 1. The van der Waals surface area contributed by atoms with Crippen LogP contribution in [0.3, 0.4) is 0 Å². The van der Waals surface area contributed by atoms with Gasteiger partial charge >= 0.3 is 5.97 Å². The number of aromatic nitrogens is 3. The van der Waals surface area contributed by atoms with E-state index < -0.39 is 17.5 Å². The van der Waals surface area contributed by atoms with Crippen LogP contribution in [0.1, 0.15) is 41.0 Å². The molecule has 226 valence electrons. The summed E-state index contributed by atoms with van der Waals surface area (Å²) >= 11 is 0. The normalized spacial score (nSPS) is 11.3. The van der Waals surface area contributed by atoms with E-state index in [1.165, 1.54) is 14.2 Å². The Morgan fingerprint density at radius 2 is 1.86 bits per heavy atom. The number of aromatic amines is 1. The summed E-state index contributed by atoms with van der Waals surface area (Å²) < 4.78 is 12.0. The van der Waals surface area contributed by atoms with E-state index in [1.54, 1.807) is 24.6 Å². The summed E-state index contributed by atoms with van der Waals surface area (Å²) in [6.45, 7) is 4.03. The highest BCUT2D eigenvalue weighted by Gasteiger charge is 2.26. The Morgan fingerprint density at radius 1 is 1.09 bits per heavy atom. The lowest BCUT2D eigenvalue weighted by Gasteiger charge is -2.10. The Morgan fingerprint density at radius 3 is 2.59 bits per heavy atom. The summed E-state index contributed by atoms with van der Waals surface area (Å²) in [4.78, 5) is 33.9. The zero-order valence-electron chi connectivity index (χ0n) is 25.2. The Labute approximate surface area is 255 Å². The number of methoxy groups -OCH3 is 2. The number of ether oxygens (including phenoxy) is 2. The fourth-order valence-electron chi connectivity index (χ4n) is 4.99. The van der Waals surface area contributed by atoms with E-state index in [1.807, 2.05) is 54.7 Å². The van der Waals surface area contributed by atoms with Gasteiger partial charge in [0, 0.05) is 48.2 Å². The first kappa shape index (κ1) is 30.4. The number of para-hydroxylation sites is 1. The van der Waals surface area contributed by atoms with Gasteiger partial charge in [-0.25, -0.2) is 9.78 Å². The molecule has 0 aliphatic heterocycles. The molecule has 0 aliphatic carbocycles. The third kappa shape index (κ3) is 6.92. The van der Waals surface area contributed by atoms with E-state index >= 15 is 0 Å². The molecule has 0 fully saturated rings. The van der Waals surface area contributed by atoms with E-state index in [2.05, 4.69) is 33.5 Å². The fourth-order valence-corrected chi connectivity index (χ4v) is 4.99. The third-order valence-corrected chi connectivity index (χ3v) is 7.06. The number of pyridine rings is 1. The SMILES string of the molecule is COCC(=O)Nc1c(C(=O)OC)n(CCc2c[nH]c3ccccc23)c2ncc(NCc3ccc(C#CC(C)(C)O)cc3)cc12. The number of nitrogens with zero attached hydrogens (tertiary/aromatic N) is 2. The van der Waals surface area contributed by atoms with Crippen LogP contribution < -0.4 is 10.6 Å². The van der Waals surface area contributed by atoms with Gasteiger partial charge in [0.2, 0.25) is 5.91 Å². The first-order valence-electron chi connectivity index (χ1n) is 14.2. The van der Waals surface area contributed by atoms with Crippen molar-refractivity contribution < 1.29 is 24.2 Å². The van der Waals surface area contributed by atoms with Gasteiger partial charge in [-0.05, 0) is 55.7 Å². The molecule has 10 nitrogen and oxygen atoms in total. The Bertz CT molecular complexity index is 1870. The molecule has 0 bridgehead atoms. The van der Waals surface area contributed by atoms with Crippen LogP contribution in [0.25, 0.3) is 21.9 Å². The number of fused-ring (bicyclic) bond motifs is 2. The number of carbonyl (C=O) groups excluding carboxylic acids is 2. The van der Waals surface area contributed by atoms with Crippen molar-refractivity contribution in [2.75, 3.05) is 31.5 Å². The maximum absolute atomic E-state index is 13.2. The second-order valence-electron chi connectivity index (χ2n) is 10.9. The van der Waals surface area contributed by atoms with Gasteiger partial charge in [0.05, 0.1) is 24.7 Å². The van der Waals surface area contributed by atoms with Crippen LogP contribution in [0.15, 0.2) is 67.0 Å². The lowest BCUT2D eigenvalue weighted by Crippen LogP contribution is -2.20. The van der Waals surface area contributed by atoms with Crippen molar-refractivity contribution in [2.45, 2.75) is 39.0 Å². The average molecular weight is 594 g/mol. The predicted octanol–water partition coefficient (Wildman–Crippen LogP) is 4.87. The fraction of sp³-hybridized carbons (Fsp3) is 0.265. The molecule has 10 heteroatoms. The van der Waals surface area contributed by atoms with Crippen molar-refractivity contribution >= 4 is 45.2 Å². The van der Waals surface area contributed by atoms with Crippen molar-refractivity contribution in [3.05, 3.63) is 89.4 Å². The van der Waals surface area contributed by atoms with Crippen molar-refractivity contribution in [1.82, 2.24) is 14.5 Å². The molecule has 5 aromatic rings. The second kappa shape index (κ2) is 13.0. The standard InChI is InChI=1S/C34H35N5O5/c1-34(2,42)15-13-22-9-11-23(12-10-22)18-35-25-17-27-30(38-29(40)21-43-3)31(33(41)44-4)39(32(27)37-20-25)16-14-24-19-36-28-8-6-5-7-26(24)28/h5-12,17,19-20,35-36,42H,14,16,18,21H2,1-4H3,(H,38,40). The van der Waals surface area contributed by atoms with Crippen molar-refractivity contribution in [1.29, 1.82) is 0 Å². The summed E-state index contributed by atoms with van der Waals surface area (Å²) in [5, 5.41) is 17.8. The highest BCUT2D eigenvalue weighted by molar-refractivity contribution is 6.11. The number of rotatable bonds is 10. The molecule has 0 saturated carbocycles. The predicted molar refractivity (Wildman–Crippen MR) is 171 cm³/mol. The van der Waals surface area contributed by atoms with E-state index in [9.17, 15) is 14.7 Å². The molecule has 0 unspecified atom stereocenters. The van der Waals surface area contributed by atoms with Crippen LogP contribution in [0, 0.1) is 11.8 Å². The minimum Gasteiger partial charge on any atom is -0.464 e. The Kier molecular flexibility index (Phi) is 8.99. The number of carbonyl (C=O) groups is 2. The highest BCUT2D eigenvalue weighted by atomic mass is 16.5. The number of aryl methyl sites for hydroxylation is 2. The maximum atomic E-state index is 13.2. The largest absolute Gasteiger partial charge is 0.464 e. The zero-order valence-corrected chi connectivity index (χ0v) is 25.2. The van der Waals surface area contributed by atoms with Crippen molar-refractivity contribution in [3.8, 4) is 11.8 Å². The molecular formula is C34H35N5O5. The maximum Gasteiger partial charge on any atom is 0.356 e. The molecule has 3 aromatic heterocycles. The Hall–Kier alpha value is -5.11. The van der Waals surface area contributed by atoms with Gasteiger partial charge in [-0.3, -0.25) is 4.79 Å². The summed E-state index contributed by atoms with van der Waals surface area (Å²) in [7, 11) is 2.74. The number of amides is 1. The van der Waals surface area contributed by atoms with Gasteiger partial charge in [-0.1, -0.05) is 42.2 Å². The number of benzene rings is 2. The van der Waals surface area contributed by atoms with Gasteiger partial charge in [0.25, 0.3) is 0 Å². The molecular weight excluding hydrogens is 558 g/mol. The van der Waals surface area contributed by atoms with Gasteiger partial charge in [-0.15, -0.1) is 0 Å². The second-order valence-corrected chi connectivity index (χ2v) is 10.9. The van der Waals surface area contributed by atoms with E-state index in [4.69, 9.17) is 14.5 Å². The molecule has 0 atom stereocenters. The van der Waals surface area contributed by atoms with Gasteiger partial charge < -0.3 is 34.8 Å². The molecule has 3 heterocycles. The van der Waals surface area contributed by atoms with E-state index in [0.717, 1.165) is 27.6 Å². The minimum atomic E-state index is -1.06. The molecule has 0 saturated heterocycles. The highest BCUT2D eigenvalue weighted by Crippen LogP contribution is 2.33. The van der Waals surface area contributed by atoms with Gasteiger partial charge in [0.1, 0.15) is 17.9 Å². The summed E-state index contributed by atoms with van der Waals surface area (Å²) in [5.41, 5.74) is 4.66. The van der Waals surface area contributed by atoms with Crippen LogP contribution in [-0.2, 0) is 33.8 Å². The summed E-state index contributed by atoms with van der Waals surface area (Å²) in [5.74, 6) is 4.79. The zero-order chi connectivity index (χ0) is 31.3. The quantitative estimate of drug-likeness (QED) is 0.134.